The van der Waals surface area contributed by atoms with Gasteiger partial charge in [-0.1, -0.05) is 10.2 Å². The summed E-state index contributed by atoms with van der Waals surface area (Å²) in [6, 6.07) is 0. The second-order valence-corrected chi connectivity index (χ2v) is 3.15. The van der Waals surface area contributed by atoms with Crippen LogP contribution in [-0.4, -0.2) is 29.5 Å². The van der Waals surface area contributed by atoms with Crippen molar-refractivity contribution in [2.75, 3.05) is 0 Å². The molecule has 0 bridgehead atoms. The minimum Gasteiger partial charge on any atom is -0.390 e. The summed E-state index contributed by atoms with van der Waals surface area (Å²) >= 11 is 0. The fourth-order valence-electron chi connectivity index (χ4n) is 1.44. The molecule has 0 unspecified atom stereocenters. The van der Waals surface area contributed by atoms with Crippen molar-refractivity contribution in [3.8, 4) is 0 Å². The maximum Gasteiger partial charge on any atom is 0.434 e. The first kappa shape index (κ1) is 10.3. The van der Waals surface area contributed by atoms with Crippen LogP contribution in [-0.2, 0) is 13.1 Å². The SMILES string of the molecule is CCn1nncc1Cn1ccnc1[N+](=O)[O-]. The van der Waals surface area contributed by atoms with E-state index in [4.69, 9.17) is 0 Å². The van der Waals surface area contributed by atoms with Gasteiger partial charge in [-0.3, -0.25) is 0 Å². The number of aryl methyl sites for hydroxylation is 1. The summed E-state index contributed by atoms with van der Waals surface area (Å²) in [5.41, 5.74) is 0.809. The highest BCUT2D eigenvalue weighted by molar-refractivity contribution is 5.10. The molecule has 2 aromatic rings. The Morgan fingerprint density at radius 1 is 1.56 bits per heavy atom. The van der Waals surface area contributed by atoms with E-state index in [1.54, 1.807) is 17.1 Å². The van der Waals surface area contributed by atoms with Crippen LogP contribution in [0.4, 0.5) is 5.95 Å². The van der Waals surface area contributed by atoms with Gasteiger partial charge in [0.2, 0.25) is 0 Å². The van der Waals surface area contributed by atoms with Crippen LogP contribution in [0, 0.1) is 10.1 Å². The van der Waals surface area contributed by atoms with Gasteiger partial charge in [-0.15, -0.1) is 5.10 Å². The van der Waals surface area contributed by atoms with Gasteiger partial charge in [0.05, 0.1) is 11.9 Å². The summed E-state index contributed by atoms with van der Waals surface area (Å²) in [5, 5.41) is 18.3. The number of aromatic nitrogens is 5. The predicted molar refractivity (Wildman–Crippen MR) is 53.7 cm³/mol. The zero-order valence-electron chi connectivity index (χ0n) is 8.65. The molecular weight excluding hydrogens is 212 g/mol. The lowest BCUT2D eigenvalue weighted by Crippen LogP contribution is -2.09. The molecular formula is C8H10N6O2. The van der Waals surface area contributed by atoms with Gasteiger partial charge in [0.25, 0.3) is 0 Å². The Labute approximate surface area is 90.7 Å². The predicted octanol–water partition coefficient (Wildman–Crippen LogP) is 0.451. The van der Waals surface area contributed by atoms with Crippen LogP contribution in [0.3, 0.4) is 0 Å². The van der Waals surface area contributed by atoms with Crippen LogP contribution in [0.15, 0.2) is 18.6 Å². The molecule has 0 spiro atoms. The van der Waals surface area contributed by atoms with Crippen molar-refractivity contribution < 1.29 is 4.92 Å². The minimum absolute atomic E-state index is 0.177. The summed E-state index contributed by atoms with van der Waals surface area (Å²) in [4.78, 5) is 13.8. The number of rotatable bonds is 4. The minimum atomic E-state index is -0.514. The van der Waals surface area contributed by atoms with E-state index in [1.807, 2.05) is 6.92 Å². The van der Waals surface area contributed by atoms with Gasteiger partial charge in [-0.25, -0.2) is 9.25 Å². The zero-order chi connectivity index (χ0) is 11.5. The molecule has 2 rings (SSSR count). The molecule has 8 nitrogen and oxygen atoms in total. The van der Waals surface area contributed by atoms with E-state index in [2.05, 4.69) is 15.3 Å². The molecule has 0 fully saturated rings. The maximum absolute atomic E-state index is 10.6. The summed E-state index contributed by atoms with van der Waals surface area (Å²) in [5.74, 6) is -0.177. The van der Waals surface area contributed by atoms with Gasteiger partial charge < -0.3 is 10.1 Å². The topological polar surface area (TPSA) is 91.7 Å². The van der Waals surface area contributed by atoms with E-state index >= 15 is 0 Å². The number of imidazole rings is 1. The van der Waals surface area contributed by atoms with Crippen molar-refractivity contribution >= 4 is 5.95 Å². The average molecular weight is 222 g/mol. The number of hydrogen-bond donors (Lipinski definition) is 0. The van der Waals surface area contributed by atoms with Crippen molar-refractivity contribution in [1.29, 1.82) is 0 Å². The van der Waals surface area contributed by atoms with E-state index < -0.39 is 4.92 Å². The molecule has 0 aliphatic carbocycles. The van der Waals surface area contributed by atoms with Gasteiger partial charge in [-0.2, -0.15) is 0 Å². The molecule has 8 heteroatoms. The zero-order valence-corrected chi connectivity index (χ0v) is 8.65. The van der Waals surface area contributed by atoms with E-state index in [0.29, 0.717) is 13.1 Å². The van der Waals surface area contributed by atoms with Gasteiger partial charge in [0, 0.05) is 6.54 Å². The van der Waals surface area contributed by atoms with Gasteiger partial charge in [0.15, 0.2) is 0 Å². The molecule has 16 heavy (non-hydrogen) atoms. The number of nitro groups is 1. The molecule has 0 aliphatic heterocycles. The molecule has 0 atom stereocenters. The van der Waals surface area contributed by atoms with Crippen LogP contribution < -0.4 is 0 Å². The van der Waals surface area contributed by atoms with Crippen molar-refractivity contribution in [3.05, 3.63) is 34.4 Å². The lowest BCUT2D eigenvalue weighted by Gasteiger charge is -2.02. The molecule has 0 saturated heterocycles. The third-order valence-electron chi connectivity index (χ3n) is 2.19. The fraction of sp³-hybridized carbons (Fsp3) is 0.375. The second-order valence-electron chi connectivity index (χ2n) is 3.15. The molecule has 0 N–H and O–H groups in total. The quantitative estimate of drug-likeness (QED) is 0.553. The number of nitrogens with zero attached hydrogens (tertiary/aromatic N) is 6. The lowest BCUT2D eigenvalue weighted by atomic mass is 10.4. The largest absolute Gasteiger partial charge is 0.434 e. The lowest BCUT2D eigenvalue weighted by molar-refractivity contribution is -0.396. The van der Waals surface area contributed by atoms with Crippen LogP contribution in [0.2, 0.25) is 0 Å². The molecule has 2 aromatic heterocycles. The van der Waals surface area contributed by atoms with Crippen molar-refractivity contribution in [2.45, 2.75) is 20.0 Å². The van der Waals surface area contributed by atoms with E-state index in [-0.39, 0.29) is 5.95 Å². The third-order valence-corrected chi connectivity index (χ3v) is 2.19. The molecule has 0 aliphatic rings. The van der Waals surface area contributed by atoms with Crippen molar-refractivity contribution in [1.82, 2.24) is 24.5 Å². The Balaban J connectivity index is 2.27. The third kappa shape index (κ3) is 1.76. The van der Waals surface area contributed by atoms with Gasteiger partial charge >= 0.3 is 5.95 Å². The Hall–Kier alpha value is -2.25. The fourth-order valence-corrected chi connectivity index (χ4v) is 1.44. The highest BCUT2D eigenvalue weighted by atomic mass is 16.6. The van der Waals surface area contributed by atoms with E-state index in [9.17, 15) is 10.1 Å². The summed E-state index contributed by atoms with van der Waals surface area (Å²) in [6.45, 7) is 2.95. The van der Waals surface area contributed by atoms with Gasteiger partial charge in [-0.05, 0) is 11.8 Å². The molecule has 0 aromatic carbocycles. The molecule has 84 valence electrons. The standard InChI is InChI=1S/C8H10N6O2/c1-2-13-7(5-10-11-13)6-12-4-3-9-8(12)14(15)16/h3-5H,2,6H2,1H3. The highest BCUT2D eigenvalue weighted by Gasteiger charge is 2.15. The van der Waals surface area contributed by atoms with Crippen LogP contribution in [0.5, 0.6) is 0 Å². The van der Waals surface area contributed by atoms with Crippen LogP contribution in [0.25, 0.3) is 0 Å². The number of hydrogen-bond acceptors (Lipinski definition) is 5. The normalized spacial score (nSPS) is 10.6. The average Bonchev–Trinajstić information content (AvgIpc) is 2.86. The van der Waals surface area contributed by atoms with Crippen LogP contribution >= 0.6 is 0 Å². The Bertz CT molecular complexity index is 502. The van der Waals surface area contributed by atoms with Gasteiger partial charge in [0.1, 0.15) is 18.9 Å². The molecule has 0 radical (unpaired) electrons. The Morgan fingerprint density at radius 3 is 3.06 bits per heavy atom. The highest BCUT2D eigenvalue weighted by Crippen LogP contribution is 2.10. The molecule has 0 saturated carbocycles. The van der Waals surface area contributed by atoms with Crippen molar-refractivity contribution in [3.63, 3.8) is 0 Å². The summed E-state index contributed by atoms with van der Waals surface area (Å²) in [6.07, 6.45) is 4.55. The van der Waals surface area contributed by atoms with Crippen LogP contribution in [0.1, 0.15) is 12.6 Å². The summed E-state index contributed by atoms with van der Waals surface area (Å²) < 4.78 is 3.13. The Kier molecular flexibility index (Phi) is 2.63. The second kappa shape index (κ2) is 4.09. The first-order chi connectivity index (χ1) is 7.72. The summed E-state index contributed by atoms with van der Waals surface area (Å²) in [7, 11) is 0. The van der Waals surface area contributed by atoms with Crippen molar-refractivity contribution in [2.24, 2.45) is 0 Å². The maximum atomic E-state index is 10.6. The monoisotopic (exact) mass is 222 g/mol. The Morgan fingerprint density at radius 2 is 2.38 bits per heavy atom. The molecule has 0 amide bonds. The first-order valence-electron chi connectivity index (χ1n) is 4.75. The smallest absolute Gasteiger partial charge is 0.390 e. The van der Waals surface area contributed by atoms with E-state index in [0.717, 1.165) is 5.69 Å². The first-order valence-corrected chi connectivity index (χ1v) is 4.75. The molecule has 2 heterocycles. The van der Waals surface area contributed by atoms with E-state index in [1.165, 1.54) is 10.8 Å².